The molecule has 0 spiro atoms. The standard InChI is InChI=1S/C17H27NO/c1-4-6-7-14-19-17-12-10-16(11-13-17)9-8-15(3)18-5-2/h8-13,15,18H,4-7,14H2,1-3H3/b9-8+. The minimum absolute atomic E-state index is 0.412. The van der Waals surface area contributed by atoms with Gasteiger partial charge in [0.05, 0.1) is 6.61 Å². The van der Waals surface area contributed by atoms with Crippen molar-refractivity contribution in [3.8, 4) is 5.75 Å². The highest BCUT2D eigenvalue weighted by Crippen LogP contribution is 2.14. The Morgan fingerprint density at radius 2 is 1.89 bits per heavy atom. The van der Waals surface area contributed by atoms with Crippen molar-refractivity contribution in [2.45, 2.75) is 46.1 Å². The molecule has 1 rings (SSSR count). The molecule has 1 aromatic rings. The summed E-state index contributed by atoms with van der Waals surface area (Å²) in [6.07, 6.45) is 7.94. The fourth-order valence-corrected chi connectivity index (χ4v) is 1.86. The summed E-state index contributed by atoms with van der Waals surface area (Å²) in [6, 6.07) is 8.71. The van der Waals surface area contributed by atoms with Gasteiger partial charge in [0.1, 0.15) is 5.75 Å². The summed E-state index contributed by atoms with van der Waals surface area (Å²) in [7, 11) is 0. The van der Waals surface area contributed by atoms with Crippen molar-refractivity contribution >= 4 is 6.08 Å². The second-order valence-corrected chi connectivity index (χ2v) is 4.83. The zero-order valence-corrected chi connectivity index (χ0v) is 12.5. The van der Waals surface area contributed by atoms with Crippen LogP contribution in [0, 0.1) is 0 Å². The van der Waals surface area contributed by atoms with Gasteiger partial charge in [-0.05, 0) is 37.6 Å². The minimum atomic E-state index is 0.412. The highest BCUT2D eigenvalue weighted by Gasteiger charge is 1.95. The maximum Gasteiger partial charge on any atom is 0.119 e. The summed E-state index contributed by atoms with van der Waals surface area (Å²) >= 11 is 0. The summed E-state index contributed by atoms with van der Waals surface area (Å²) in [5, 5.41) is 3.36. The molecule has 2 heteroatoms. The van der Waals surface area contributed by atoms with Crippen LogP contribution in [0.4, 0.5) is 0 Å². The second-order valence-electron chi connectivity index (χ2n) is 4.83. The van der Waals surface area contributed by atoms with E-state index in [9.17, 15) is 0 Å². The van der Waals surface area contributed by atoms with Crippen LogP contribution in [0.5, 0.6) is 5.75 Å². The van der Waals surface area contributed by atoms with Gasteiger partial charge in [-0.3, -0.25) is 0 Å². The molecule has 19 heavy (non-hydrogen) atoms. The first kappa shape index (κ1) is 15.8. The third-order valence-electron chi connectivity index (χ3n) is 3.00. The van der Waals surface area contributed by atoms with Gasteiger partial charge in [-0.25, -0.2) is 0 Å². The number of rotatable bonds is 9. The average molecular weight is 261 g/mol. The van der Waals surface area contributed by atoms with Crippen LogP contribution in [0.2, 0.25) is 0 Å². The van der Waals surface area contributed by atoms with Gasteiger partial charge in [0.25, 0.3) is 0 Å². The van der Waals surface area contributed by atoms with Gasteiger partial charge in [-0.2, -0.15) is 0 Å². The third-order valence-corrected chi connectivity index (χ3v) is 3.00. The molecule has 1 atom stereocenters. The van der Waals surface area contributed by atoms with Crippen molar-refractivity contribution < 1.29 is 4.74 Å². The quantitative estimate of drug-likeness (QED) is 0.670. The molecule has 2 nitrogen and oxygen atoms in total. The Bertz CT molecular complexity index is 356. The van der Waals surface area contributed by atoms with E-state index in [4.69, 9.17) is 4.74 Å². The lowest BCUT2D eigenvalue weighted by molar-refractivity contribution is 0.306. The highest BCUT2D eigenvalue weighted by atomic mass is 16.5. The van der Waals surface area contributed by atoms with E-state index in [1.165, 1.54) is 18.4 Å². The molecular weight excluding hydrogens is 234 g/mol. The summed E-state index contributed by atoms with van der Waals surface area (Å²) < 4.78 is 5.69. The van der Waals surface area contributed by atoms with Crippen LogP contribution in [-0.4, -0.2) is 19.2 Å². The van der Waals surface area contributed by atoms with Crippen molar-refractivity contribution in [3.05, 3.63) is 35.9 Å². The Morgan fingerprint density at radius 3 is 2.53 bits per heavy atom. The lowest BCUT2D eigenvalue weighted by atomic mass is 10.1. The number of hydrogen-bond donors (Lipinski definition) is 1. The second kappa shape index (κ2) is 9.62. The van der Waals surface area contributed by atoms with Crippen LogP contribution in [0.15, 0.2) is 30.3 Å². The zero-order chi connectivity index (χ0) is 13.9. The summed E-state index contributed by atoms with van der Waals surface area (Å²) in [6.45, 7) is 8.30. The van der Waals surface area contributed by atoms with Gasteiger partial charge < -0.3 is 10.1 Å². The summed E-state index contributed by atoms with van der Waals surface area (Å²) in [5.41, 5.74) is 1.21. The van der Waals surface area contributed by atoms with E-state index in [2.05, 4.69) is 50.4 Å². The molecule has 0 heterocycles. The molecule has 0 aromatic heterocycles. The minimum Gasteiger partial charge on any atom is -0.494 e. The van der Waals surface area contributed by atoms with E-state index < -0.39 is 0 Å². The number of unbranched alkanes of at least 4 members (excludes halogenated alkanes) is 2. The van der Waals surface area contributed by atoms with Crippen LogP contribution < -0.4 is 10.1 Å². The summed E-state index contributed by atoms with van der Waals surface area (Å²) in [4.78, 5) is 0. The van der Waals surface area contributed by atoms with Crippen molar-refractivity contribution in [2.24, 2.45) is 0 Å². The zero-order valence-electron chi connectivity index (χ0n) is 12.5. The van der Waals surface area contributed by atoms with Crippen LogP contribution in [0.3, 0.4) is 0 Å². The highest BCUT2D eigenvalue weighted by molar-refractivity contribution is 5.51. The predicted molar refractivity (Wildman–Crippen MR) is 83.6 cm³/mol. The van der Waals surface area contributed by atoms with E-state index in [0.717, 1.165) is 25.3 Å². The summed E-state index contributed by atoms with van der Waals surface area (Å²) in [5.74, 6) is 0.966. The monoisotopic (exact) mass is 261 g/mol. The Balaban J connectivity index is 2.38. The molecule has 106 valence electrons. The fourth-order valence-electron chi connectivity index (χ4n) is 1.86. The molecule has 0 saturated carbocycles. The molecule has 0 bridgehead atoms. The maximum absolute atomic E-state index is 5.69. The van der Waals surface area contributed by atoms with Crippen LogP contribution in [-0.2, 0) is 0 Å². The Labute approximate surface area is 117 Å². The number of benzene rings is 1. The maximum atomic E-state index is 5.69. The Morgan fingerprint density at radius 1 is 1.16 bits per heavy atom. The number of likely N-dealkylation sites (N-methyl/N-ethyl adjacent to an activating group) is 1. The van der Waals surface area contributed by atoms with Crippen molar-refractivity contribution in [3.63, 3.8) is 0 Å². The number of hydrogen-bond acceptors (Lipinski definition) is 2. The molecule has 0 aliphatic carbocycles. The first-order valence-electron chi connectivity index (χ1n) is 7.40. The SMILES string of the molecule is CCCCCOc1ccc(/C=C/C(C)NCC)cc1. The molecule has 0 aliphatic heterocycles. The Kier molecular flexibility index (Phi) is 7.99. The molecule has 0 fully saturated rings. The molecule has 0 amide bonds. The molecule has 0 saturated heterocycles. The first-order valence-corrected chi connectivity index (χ1v) is 7.40. The van der Waals surface area contributed by atoms with Gasteiger partial charge in [0.15, 0.2) is 0 Å². The van der Waals surface area contributed by atoms with Crippen molar-refractivity contribution in [2.75, 3.05) is 13.2 Å². The molecule has 1 N–H and O–H groups in total. The molecule has 1 unspecified atom stereocenters. The van der Waals surface area contributed by atoms with E-state index >= 15 is 0 Å². The van der Waals surface area contributed by atoms with E-state index in [1.807, 2.05) is 12.1 Å². The van der Waals surface area contributed by atoms with Crippen LogP contribution in [0.1, 0.15) is 45.6 Å². The smallest absolute Gasteiger partial charge is 0.119 e. The van der Waals surface area contributed by atoms with Gasteiger partial charge in [-0.1, -0.05) is 51.0 Å². The van der Waals surface area contributed by atoms with Crippen molar-refractivity contribution in [1.82, 2.24) is 5.32 Å². The van der Waals surface area contributed by atoms with Gasteiger partial charge >= 0.3 is 0 Å². The van der Waals surface area contributed by atoms with Gasteiger partial charge in [0.2, 0.25) is 0 Å². The topological polar surface area (TPSA) is 21.3 Å². The third kappa shape index (κ3) is 7.02. The molecular formula is C17H27NO. The number of ether oxygens (including phenoxy) is 1. The Hall–Kier alpha value is -1.28. The lowest BCUT2D eigenvalue weighted by Crippen LogP contribution is -2.22. The van der Waals surface area contributed by atoms with Gasteiger partial charge in [-0.15, -0.1) is 0 Å². The largest absolute Gasteiger partial charge is 0.494 e. The van der Waals surface area contributed by atoms with E-state index in [0.29, 0.717) is 6.04 Å². The molecule has 0 radical (unpaired) electrons. The van der Waals surface area contributed by atoms with E-state index in [1.54, 1.807) is 0 Å². The normalized spacial score (nSPS) is 12.8. The lowest BCUT2D eigenvalue weighted by Gasteiger charge is -2.07. The van der Waals surface area contributed by atoms with Gasteiger partial charge in [0, 0.05) is 6.04 Å². The van der Waals surface area contributed by atoms with Crippen molar-refractivity contribution in [1.29, 1.82) is 0 Å². The van der Waals surface area contributed by atoms with Crippen LogP contribution >= 0.6 is 0 Å². The molecule has 1 aromatic carbocycles. The number of nitrogens with one attached hydrogen (secondary N) is 1. The van der Waals surface area contributed by atoms with Crippen LogP contribution in [0.25, 0.3) is 6.08 Å². The first-order chi connectivity index (χ1) is 9.26. The molecule has 0 aliphatic rings. The average Bonchev–Trinajstić information content (AvgIpc) is 2.43. The van der Waals surface area contributed by atoms with E-state index in [-0.39, 0.29) is 0 Å². The predicted octanol–water partition coefficient (Wildman–Crippen LogP) is 4.27. The fraction of sp³-hybridized carbons (Fsp3) is 0.529.